The van der Waals surface area contributed by atoms with E-state index in [1.54, 1.807) is 0 Å². The van der Waals surface area contributed by atoms with Crippen LogP contribution in [0.3, 0.4) is 0 Å². The molecule has 1 N–H and O–H groups in total. The van der Waals surface area contributed by atoms with Gasteiger partial charge in [0, 0.05) is 38.8 Å². The highest BCUT2D eigenvalue weighted by Gasteiger charge is 2.23. The zero-order valence-electron chi connectivity index (χ0n) is 11.9. The maximum absolute atomic E-state index is 5.49. The second kappa shape index (κ2) is 7.43. The molecule has 1 heterocycles. The third kappa shape index (κ3) is 4.50. The van der Waals surface area contributed by atoms with Crippen LogP contribution in [0.5, 0.6) is 0 Å². The van der Waals surface area contributed by atoms with Crippen molar-refractivity contribution in [2.45, 2.75) is 50.8 Å². The van der Waals surface area contributed by atoms with Crippen molar-refractivity contribution in [1.29, 1.82) is 0 Å². The van der Waals surface area contributed by atoms with Gasteiger partial charge in [-0.25, -0.2) is 0 Å². The van der Waals surface area contributed by atoms with Crippen LogP contribution >= 0.6 is 0 Å². The van der Waals surface area contributed by atoms with Gasteiger partial charge in [0.25, 0.3) is 0 Å². The van der Waals surface area contributed by atoms with E-state index >= 15 is 0 Å². The van der Waals surface area contributed by atoms with Gasteiger partial charge >= 0.3 is 0 Å². The lowest BCUT2D eigenvalue weighted by Crippen LogP contribution is -2.48. The van der Waals surface area contributed by atoms with Gasteiger partial charge in [0.15, 0.2) is 0 Å². The molecule has 3 atom stereocenters. The minimum Gasteiger partial charge on any atom is -0.381 e. The summed E-state index contributed by atoms with van der Waals surface area (Å²) in [5, 5.41) is 3.77. The molecular formula is C14H28N2O2. The van der Waals surface area contributed by atoms with Crippen molar-refractivity contribution in [3.63, 3.8) is 0 Å². The number of rotatable bonds is 5. The summed E-state index contributed by atoms with van der Waals surface area (Å²) in [6.07, 6.45) is 5.45. The predicted molar refractivity (Wildman–Crippen MR) is 72.9 cm³/mol. The van der Waals surface area contributed by atoms with Gasteiger partial charge < -0.3 is 14.8 Å². The van der Waals surface area contributed by atoms with E-state index in [4.69, 9.17) is 9.47 Å². The van der Waals surface area contributed by atoms with Gasteiger partial charge in [-0.05, 0) is 32.6 Å². The van der Waals surface area contributed by atoms with Gasteiger partial charge in [-0.1, -0.05) is 0 Å². The summed E-state index contributed by atoms with van der Waals surface area (Å²) in [6, 6.07) is 1.20. The Morgan fingerprint density at radius 3 is 2.83 bits per heavy atom. The standard InChI is InChI=1S/C14H28N2O2/c1-12(11-16-6-8-18-9-7-16)15-13-4-3-5-14(10-13)17-2/h12-15H,3-11H2,1-2H3. The van der Waals surface area contributed by atoms with Gasteiger partial charge in [0.1, 0.15) is 0 Å². The molecule has 1 aliphatic carbocycles. The number of nitrogens with zero attached hydrogens (tertiary/aromatic N) is 1. The first-order valence-electron chi connectivity index (χ1n) is 7.37. The van der Waals surface area contributed by atoms with Gasteiger partial charge in [0.2, 0.25) is 0 Å². The first-order valence-corrected chi connectivity index (χ1v) is 7.37. The summed E-state index contributed by atoms with van der Waals surface area (Å²) < 4.78 is 10.9. The maximum Gasteiger partial charge on any atom is 0.0594 e. The summed E-state index contributed by atoms with van der Waals surface area (Å²) in [7, 11) is 1.84. The Balaban J connectivity index is 1.67. The van der Waals surface area contributed by atoms with Crippen LogP contribution in [0.25, 0.3) is 0 Å². The van der Waals surface area contributed by atoms with E-state index in [0.29, 0.717) is 18.2 Å². The summed E-state index contributed by atoms with van der Waals surface area (Å²) in [5.74, 6) is 0. The fourth-order valence-corrected chi connectivity index (χ4v) is 3.14. The molecule has 1 saturated carbocycles. The average molecular weight is 256 g/mol. The lowest BCUT2D eigenvalue weighted by molar-refractivity contribution is 0.0307. The molecule has 0 aromatic rings. The van der Waals surface area contributed by atoms with Crippen molar-refractivity contribution in [2.75, 3.05) is 40.0 Å². The third-order valence-electron chi connectivity index (χ3n) is 4.12. The van der Waals surface area contributed by atoms with Crippen LogP contribution in [0.1, 0.15) is 32.6 Å². The molecule has 0 amide bonds. The Bertz CT molecular complexity index is 232. The average Bonchev–Trinajstić information content (AvgIpc) is 2.40. The van der Waals surface area contributed by atoms with E-state index in [1.165, 1.54) is 25.7 Å². The van der Waals surface area contributed by atoms with E-state index in [2.05, 4.69) is 17.1 Å². The highest BCUT2D eigenvalue weighted by atomic mass is 16.5. The largest absolute Gasteiger partial charge is 0.381 e. The Kier molecular flexibility index (Phi) is 5.89. The van der Waals surface area contributed by atoms with E-state index in [0.717, 1.165) is 32.8 Å². The SMILES string of the molecule is COC1CCCC(NC(C)CN2CCOCC2)C1. The summed E-state index contributed by atoms with van der Waals surface area (Å²) in [6.45, 7) is 7.38. The molecule has 18 heavy (non-hydrogen) atoms. The number of hydrogen-bond acceptors (Lipinski definition) is 4. The molecule has 0 radical (unpaired) electrons. The van der Waals surface area contributed by atoms with Crippen molar-refractivity contribution in [3.05, 3.63) is 0 Å². The van der Waals surface area contributed by atoms with Crippen LogP contribution < -0.4 is 5.32 Å². The number of hydrogen-bond donors (Lipinski definition) is 1. The molecule has 1 saturated heterocycles. The number of morpholine rings is 1. The number of methoxy groups -OCH3 is 1. The normalized spacial score (nSPS) is 32.3. The monoisotopic (exact) mass is 256 g/mol. The third-order valence-corrected chi connectivity index (χ3v) is 4.12. The Morgan fingerprint density at radius 2 is 2.11 bits per heavy atom. The Morgan fingerprint density at radius 1 is 1.33 bits per heavy atom. The van der Waals surface area contributed by atoms with Crippen LogP contribution in [0.15, 0.2) is 0 Å². The Labute approximate surface area is 111 Å². The Hall–Kier alpha value is -0.160. The smallest absolute Gasteiger partial charge is 0.0594 e. The lowest BCUT2D eigenvalue weighted by atomic mass is 9.92. The minimum absolute atomic E-state index is 0.465. The molecule has 2 rings (SSSR count). The van der Waals surface area contributed by atoms with Crippen molar-refractivity contribution in [1.82, 2.24) is 10.2 Å². The molecular weight excluding hydrogens is 228 g/mol. The van der Waals surface area contributed by atoms with Crippen LogP contribution in [0.2, 0.25) is 0 Å². The molecule has 3 unspecified atom stereocenters. The second-order valence-electron chi connectivity index (χ2n) is 5.70. The topological polar surface area (TPSA) is 33.7 Å². The molecule has 0 spiro atoms. The van der Waals surface area contributed by atoms with Gasteiger partial charge in [-0.2, -0.15) is 0 Å². The molecule has 1 aliphatic heterocycles. The van der Waals surface area contributed by atoms with E-state index in [1.807, 2.05) is 7.11 Å². The van der Waals surface area contributed by atoms with Crippen LogP contribution in [0.4, 0.5) is 0 Å². The van der Waals surface area contributed by atoms with Gasteiger partial charge in [-0.3, -0.25) is 4.90 Å². The molecule has 4 nitrogen and oxygen atoms in total. The zero-order valence-corrected chi connectivity index (χ0v) is 11.9. The number of nitrogens with one attached hydrogen (secondary N) is 1. The van der Waals surface area contributed by atoms with Crippen LogP contribution in [-0.4, -0.2) is 63.0 Å². The van der Waals surface area contributed by atoms with E-state index in [9.17, 15) is 0 Å². The van der Waals surface area contributed by atoms with E-state index in [-0.39, 0.29) is 0 Å². The van der Waals surface area contributed by atoms with Crippen LogP contribution in [0, 0.1) is 0 Å². The maximum atomic E-state index is 5.49. The fraction of sp³-hybridized carbons (Fsp3) is 1.00. The predicted octanol–water partition coefficient (Wildman–Crippen LogP) is 1.25. The molecule has 106 valence electrons. The molecule has 0 aromatic carbocycles. The first kappa shape index (κ1) is 14.3. The van der Waals surface area contributed by atoms with Gasteiger partial charge in [-0.15, -0.1) is 0 Å². The molecule has 4 heteroatoms. The zero-order chi connectivity index (χ0) is 12.8. The lowest BCUT2D eigenvalue weighted by Gasteiger charge is -2.34. The number of ether oxygens (including phenoxy) is 2. The van der Waals surface area contributed by atoms with Crippen molar-refractivity contribution >= 4 is 0 Å². The summed E-state index contributed by atoms with van der Waals surface area (Å²) >= 11 is 0. The summed E-state index contributed by atoms with van der Waals surface area (Å²) in [5.41, 5.74) is 0. The first-order chi connectivity index (χ1) is 8.78. The molecule has 2 aliphatic rings. The van der Waals surface area contributed by atoms with Crippen molar-refractivity contribution < 1.29 is 9.47 Å². The highest BCUT2D eigenvalue weighted by Crippen LogP contribution is 2.21. The molecule has 0 bridgehead atoms. The molecule has 0 aromatic heterocycles. The van der Waals surface area contributed by atoms with E-state index < -0.39 is 0 Å². The molecule has 2 fully saturated rings. The quantitative estimate of drug-likeness (QED) is 0.803. The second-order valence-corrected chi connectivity index (χ2v) is 5.70. The summed E-state index contributed by atoms with van der Waals surface area (Å²) in [4.78, 5) is 2.50. The van der Waals surface area contributed by atoms with Crippen molar-refractivity contribution in [3.8, 4) is 0 Å². The van der Waals surface area contributed by atoms with Crippen LogP contribution in [-0.2, 0) is 9.47 Å². The highest BCUT2D eigenvalue weighted by molar-refractivity contribution is 4.81. The fourth-order valence-electron chi connectivity index (χ4n) is 3.14. The minimum atomic E-state index is 0.465. The van der Waals surface area contributed by atoms with Crippen molar-refractivity contribution in [2.24, 2.45) is 0 Å². The van der Waals surface area contributed by atoms with Gasteiger partial charge in [0.05, 0.1) is 19.3 Å².